The van der Waals surface area contributed by atoms with Gasteiger partial charge in [0.2, 0.25) is 11.8 Å². The van der Waals surface area contributed by atoms with E-state index in [-0.39, 0.29) is 11.8 Å². The molecule has 0 aliphatic heterocycles. The van der Waals surface area contributed by atoms with Crippen LogP contribution in [0.5, 0.6) is 5.75 Å². The topological polar surface area (TPSA) is 119 Å². The van der Waals surface area contributed by atoms with Gasteiger partial charge >= 0.3 is 0 Å². The van der Waals surface area contributed by atoms with Crippen LogP contribution in [0.15, 0.2) is 36.4 Å². The van der Waals surface area contributed by atoms with Gasteiger partial charge in [0, 0.05) is 17.1 Å². The molecule has 0 aromatic heterocycles. The van der Waals surface area contributed by atoms with Crippen LogP contribution in [0.2, 0.25) is 0 Å². The lowest BCUT2D eigenvalue weighted by atomic mass is 10.1. The Labute approximate surface area is 159 Å². The van der Waals surface area contributed by atoms with Gasteiger partial charge in [0.25, 0.3) is 0 Å². The normalized spacial score (nSPS) is 13.0. The number of hydrogen-bond donors (Lipinski definition) is 4. The summed E-state index contributed by atoms with van der Waals surface area (Å²) in [5, 5.41) is 7.38. The molecule has 2 aromatic rings. The number of carbonyl (C=O) groups excluding carboxylic acids is 2. The Kier molecular flexibility index (Phi) is 7.57. The van der Waals surface area contributed by atoms with E-state index in [9.17, 15) is 9.59 Å². The molecule has 0 bridgehead atoms. The molecule has 7 heteroatoms. The van der Waals surface area contributed by atoms with E-state index in [0.717, 1.165) is 23.6 Å². The van der Waals surface area contributed by atoms with Crippen molar-refractivity contribution in [3.8, 4) is 5.75 Å². The zero-order valence-corrected chi connectivity index (χ0v) is 15.8. The lowest BCUT2D eigenvalue weighted by Gasteiger charge is -2.18. The fourth-order valence-corrected chi connectivity index (χ4v) is 2.79. The Morgan fingerprint density at radius 1 is 1.15 bits per heavy atom. The van der Waals surface area contributed by atoms with E-state index < -0.39 is 12.1 Å². The molecule has 146 valence electrons. The van der Waals surface area contributed by atoms with Crippen LogP contribution in [0.4, 0.5) is 5.69 Å². The summed E-state index contributed by atoms with van der Waals surface area (Å²) in [6, 6.07) is 10.0. The summed E-state index contributed by atoms with van der Waals surface area (Å²) in [6.07, 6.45) is 2.14. The van der Waals surface area contributed by atoms with Crippen LogP contribution in [0.1, 0.15) is 26.2 Å². The molecule has 2 amide bonds. The molecule has 0 unspecified atom stereocenters. The molecule has 0 spiro atoms. The first-order valence-electron chi connectivity index (χ1n) is 9.10. The summed E-state index contributed by atoms with van der Waals surface area (Å²) in [6.45, 7) is 2.19. The highest BCUT2D eigenvalue weighted by Crippen LogP contribution is 2.29. The summed E-state index contributed by atoms with van der Waals surface area (Å²) in [4.78, 5) is 24.6. The largest absolute Gasteiger partial charge is 0.496 e. The number of anilines is 1. The highest BCUT2D eigenvalue weighted by atomic mass is 16.5. The quantitative estimate of drug-likeness (QED) is 0.500. The Morgan fingerprint density at radius 3 is 2.59 bits per heavy atom. The van der Waals surface area contributed by atoms with Gasteiger partial charge in [-0.05, 0) is 37.8 Å². The van der Waals surface area contributed by atoms with Crippen LogP contribution >= 0.6 is 0 Å². The first-order chi connectivity index (χ1) is 13.0. The number of hydrogen-bond acceptors (Lipinski definition) is 5. The van der Waals surface area contributed by atoms with Gasteiger partial charge in [-0.15, -0.1) is 0 Å². The van der Waals surface area contributed by atoms with E-state index in [4.69, 9.17) is 16.2 Å². The second kappa shape index (κ2) is 9.89. The first kappa shape index (κ1) is 20.7. The zero-order chi connectivity index (χ0) is 19.8. The van der Waals surface area contributed by atoms with Crippen LogP contribution in [0.3, 0.4) is 0 Å². The third-order valence-corrected chi connectivity index (χ3v) is 4.37. The molecular formula is C20H28N4O3. The zero-order valence-electron chi connectivity index (χ0n) is 15.8. The van der Waals surface area contributed by atoms with E-state index >= 15 is 0 Å². The van der Waals surface area contributed by atoms with Crippen molar-refractivity contribution in [3.05, 3.63) is 36.4 Å². The average Bonchev–Trinajstić information content (AvgIpc) is 2.67. The Morgan fingerprint density at radius 2 is 1.89 bits per heavy atom. The van der Waals surface area contributed by atoms with Gasteiger partial charge < -0.3 is 26.8 Å². The highest BCUT2D eigenvalue weighted by molar-refractivity contribution is 6.00. The Balaban J connectivity index is 1.99. The van der Waals surface area contributed by atoms with Crippen molar-refractivity contribution in [2.24, 2.45) is 11.5 Å². The number of fused-ring (bicyclic) bond motifs is 1. The van der Waals surface area contributed by atoms with Crippen LogP contribution in [0.25, 0.3) is 10.8 Å². The molecule has 7 nitrogen and oxygen atoms in total. The van der Waals surface area contributed by atoms with Gasteiger partial charge in [0.15, 0.2) is 0 Å². The Hall–Kier alpha value is -2.64. The van der Waals surface area contributed by atoms with Gasteiger partial charge in [-0.3, -0.25) is 9.59 Å². The maximum atomic E-state index is 12.4. The molecule has 0 aliphatic rings. The van der Waals surface area contributed by atoms with Crippen molar-refractivity contribution in [3.63, 3.8) is 0 Å². The summed E-state index contributed by atoms with van der Waals surface area (Å²) in [5.41, 5.74) is 11.9. The fraction of sp³-hybridized carbons (Fsp3) is 0.400. The molecule has 0 fully saturated rings. The number of amides is 2. The van der Waals surface area contributed by atoms with Crippen molar-refractivity contribution in [2.75, 3.05) is 19.0 Å². The van der Waals surface area contributed by atoms with Crippen LogP contribution in [-0.4, -0.2) is 37.6 Å². The third kappa shape index (κ3) is 5.67. The number of methoxy groups -OCH3 is 1. The molecule has 27 heavy (non-hydrogen) atoms. The second-order valence-corrected chi connectivity index (χ2v) is 6.51. The van der Waals surface area contributed by atoms with E-state index in [2.05, 4.69) is 10.6 Å². The number of rotatable bonds is 9. The predicted molar refractivity (Wildman–Crippen MR) is 108 cm³/mol. The minimum absolute atomic E-state index is 0.324. The van der Waals surface area contributed by atoms with E-state index in [1.165, 1.54) is 0 Å². The third-order valence-electron chi connectivity index (χ3n) is 4.37. The summed E-state index contributed by atoms with van der Waals surface area (Å²) >= 11 is 0. The second-order valence-electron chi connectivity index (χ2n) is 6.51. The molecule has 0 aliphatic carbocycles. The average molecular weight is 372 g/mol. The molecule has 0 saturated heterocycles. The smallest absolute Gasteiger partial charge is 0.246 e. The lowest BCUT2D eigenvalue weighted by molar-refractivity contribution is -0.127. The van der Waals surface area contributed by atoms with E-state index in [1.54, 1.807) is 20.1 Å². The van der Waals surface area contributed by atoms with Crippen LogP contribution in [0, 0.1) is 0 Å². The maximum absolute atomic E-state index is 12.4. The molecule has 6 N–H and O–H groups in total. The standard InChI is InChI=1S/C20H28N4O3/c1-13(23-20(26)17(22)9-5-6-10-21)19(25)24-15-11-14-7-3-4-8-16(14)18(12-15)27-2/h3-4,7-8,11-13,17H,5-6,9-10,21-22H2,1-2H3,(H,23,26)(H,24,25)/t13-,17-/m1/s1. The summed E-state index contributed by atoms with van der Waals surface area (Å²) in [7, 11) is 1.59. The van der Waals surface area contributed by atoms with Crippen molar-refractivity contribution in [2.45, 2.75) is 38.3 Å². The van der Waals surface area contributed by atoms with Crippen molar-refractivity contribution in [1.82, 2.24) is 5.32 Å². The van der Waals surface area contributed by atoms with E-state index in [1.807, 2.05) is 30.3 Å². The van der Waals surface area contributed by atoms with Gasteiger partial charge in [-0.25, -0.2) is 0 Å². The summed E-state index contributed by atoms with van der Waals surface area (Å²) in [5.74, 6) is 0.00243. The molecule has 0 saturated carbocycles. The van der Waals surface area contributed by atoms with Crippen LogP contribution in [-0.2, 0) is 9.59 Å². The van der Waals surface area contributed by atoms with Gasteiger partial charge in [0.1, 0.15) is 11.8 Å². The van der Waals surface area contributed by atoms with E-state index in [0.29, 0.717) is 24.4 Å². The maximum Gasteiger partial charge on any atom is 0.246 e. The number of unbranched alkanes of at least 4 members (excludes halogenated alkanes) is 1. The fourth-order valence-electron chi connectivity index (χ4n) is 2.79. The molecule has 2 aromatic carbocycles. The minimum Gasteiger partial charge on any atom is -0.496 e. The highest BCUT2D eigenvalue weighted by Gasteiger charge is 2.20. The monoisotopic (exact) mass is 372 g/mol. The van der Waals surface area contributed by atoms with Crippen LogP contribution < -0.4 is 26.8 Å². The first-order valence-corrected chi connectivity index (χ1v) is 9.10. The number of benzene rings is 2. The Bertz CT molecular complexity index is 794. The molecular weight excluding hydrogens is 344 g/mol. The molecule has 2 atom stereocenters. The number of ether oxygens (including phenoxy) is 1. The predicted octanol–water partition coefficient (Wildman–Crippen LogP) is 1.75. The minimum atomic E-state index is -0.712. The van der Waals surface area contributed by atoms with Gasteiger partial charge in [-0.2, -0.15) is 0 Å². The molecule has 0 radical (unpaired) electrons. The van der Waals surface area contributed by atoms with Crippen molar-refractivity contribution < 1.29 is 14.3 Å². The SMILES string of the molecule is COc1cc(NC(=O)[C@@H](C)NC(=O)[C@H](N)CCCCN)cc2ccccc12. The summed E-state index contributed by atoms with van der Waals surface area (Å²) < 4.78 is 5.41. The molecule has 2 rings (SSSR count). The van der Waals surface area contributed by atoms with Gasteiger partial charge in [0.05, 0.1) is 13.2 Å². The van der Waals surface area contributed by atoms with Crippen molar-refractivity contribution >= 4 is 28.3 Å². The van der Waals surface area contributed by atoms with Gasteiger partial charge in [-0.1, -0.05) is 30.7 Å². The number of nitrogens with one attached hydrogen (secondary N) is 2. The van der Waals surface area contributed by atoms with Crippen molar-refractivity contribution in [1.29, 1.82) is 0 Å². The molecule has 0 heterocycles. The lowest BCUT2D eigenvalue weighted by Crippen LogP contribution is -2.48. The number of carbonyl (C=O) groups is 2. The number of nitrogens with two attached hydrogens (primary N) is 2.